The number of tetrazole rings is 1. The second kappa shape index (κ2) is 8.76. The maximum Gasteiger partial charge on any atom is 0.233 e. The highest BCUT2D eigenvalue weighted by Gasteiger charge is 2.27. The number of nitrogens with zero attached hydrogens (tertiary/aromatic N) is 6. The van der Waals surface area contributed by atoms with Gasteiger partial charge in [0.1, 0.15) is 0 Å². The third-order valence-electron chi connectivity index (χ3n) is 5.54. The van der Waals surface area contributed by atoms with Crippen molar-refractivity contribution >= 4 is 39.2 Å². The van der Waals surface area contributed by atoms with Gasteiger partial charge in [0.05, 0.1) is 26.7 Å². The number of rotatable bonds is 5. The van der Waals surface area contributed by atoms with Crippen LogP contribution in [-0.2, 0) is 4.79 Å². The van der Waals surface area contributed by atoms with E-state index in [2.05, 4.69) is 27.7 Å². The Morgan fingerprint density at radius 3 is 2.90 bits per heavy atom. The summed E-state index contributed by atoms with van der Waals surface area (Å²) in [4.78, 5) is 19.8. The highest BCUT2D eigenvalue weighted by Crippen LogP contribution is 2.33. The number of amides is 1. The molecule has 1 aliphatic rings. The molecule has 2 aromatic carbocycles. The number of aromatic nitrogens is 5. The topological polar surface area (TPSA) is 76.8 Å². The first kappa shape index (κ1) is 20.1. The lowest BCUT2D eigenvalue weighted by molar-refractivity contribution is -0.129. The van der Waals surface area contributed by atoms with E-state index in [0.717, 1.165) is 47.7 Å². The van der Waals surface area contributed by atoms with Crippen molar-refractivity contribution in [2.75, 3.05) is 18.8 Å². The predicted octanol–water partition coefficient (Wildman–Crippen LogP) is 4.08. The van der Waals surface area contributed by atoms with Crippen molar-refractivity contribution in [3.8, 4) is 5.69 Å². The van der Waals surface area contributed by atoms with E-state index in [1.165, 1.54) is 16.5 Å². The Kier molecular flexibility index (Phi) is 5.69. The van der Waals surface area contributed by atoms with E-state index < -0.39 is 0 Å². The third kappa shape index (κ3) is 4.20. The van der Waals surface area contributed by atoms with Crippen molar-refractivity contribution in [2.24, 2.45) is 0 Å². The van der Waals surface area contributed by atoms with Crippen LogP contribution in [0.15, 0.2) is 53.7 Å². The number of thioether (sulfide) groups is 1. The number of carbonyl (C=O) groups excluding carboxylic acids is 1. The van der Waals surface area contributed by atoms with Crippen LogP contribution in [0.4, 0.5) is 0 Å². The Labute approximate surface area is 188 Å². The minimum absolute atomic E-state index is 0.121. The van der Waals surface area contributed by atoms with Crippen LogP contribution in [0.2, 0.25) is 0 Å². The zero-order valence-corrected chi connectivity index (χ0v) is 18.8. The highest BCUT2D eigenvalue weighted by atomic mass is 32.2. The van der Waals surface area contributed by atoms with Gasteiger partial charge in [0, 0.05) is 19.0 Å². The highest BCUT2D eigenvalue weighted by molar-refractivity contribution is 7.99. The average Bonchev–Trinajstić information content (AvgIpc) is 3.45. The third-order valence-corrected chi connectivity index (χ3v) is 7.65. The number of fused-ring (bicyclic) bond motifs is 1. The molecular formula is C22H22N6OS2. The van der Waals surface area contributed by atoms with Crippen LogP contribution in [0.3, 0.4) is 0 Å². The number of piperidine rings is 1. The maximum atomic E-state index is 13.0. The van der Waals surface area contributed by atoms with Crippen molar-refractivity contribution in [3.63, 3.8) is 0 Å². The Balaban J connectivity index is 1.25. The molecule has 1 aliphatic heterocycles. The molecule has 1 fully saturated rings. The van der Waals surface area contributed by atoms with E-state index in [9.17, 15) is 4.79 Å². The van der Waals surface area contributed by atoms with Gasteiger partial charge < -0.3 is 4.90 Å². The van der Waals surface area contributed by atoms with Crippen molar-refractivity contribution in [2.45, 2.75) is 30.8 Å². The molecule has 0 bridgehead atoms. The maximum absolute atomic E-state index is 13.0. The van der Waals surface area contributed by atoms with Crippen molar-refractivity contribution in [1.29, 1.82) is 0 Å². The number of benzene rings is 2. The van der Waals surface area contributed by atoms with Crippen LogP contribution in [-0.4, -0.2) is 54.8 Å². The van der Waals surface area contributed by atoms with Gasteiger partial charge in [0.25, 0.3) is 0 Å². The Morgan fingerprint density at radius 2 is 2.03 bits per heavy atom. The van der Waals surface area contributed by atoms with Crippen LogP contribution >= 0.6 is 23.1 Å². The van der Waals surface area contributed by atoms with Crippen LogP contribution in [0, 0.1) is 6.92 Å². The molecule has 31 heavy (non-hydrogen) atoms. The second-order valence-electron chi connectivity index (χ2n) is 7.65. The first-order valence-corrected chi connectivity index (χ1v) is 12.1. The Hall–Kier alpha value is -2.78. The fraction of sp³-hybridized carbons (Fsp3) is 0.318. The molecule has 1 amide bonds. The molecule has 7 nitrogen and oxygen atoms in total. The smallest absolute Gasteiger partial charge is 0.233 e. The fourth-order valence-electron chi connectivity index (χ4n) is 3.91. The fourth-order valence-corrected chi connectivity index (χ4v) is 5.79. The van der Waals surface area contributed by atoms with E-state index >= 15 is 0 Å². The molecule has 0 radical (unpaired) electrons. The molecule has 1 atom stereocenters. The number of para-hydroxylation sites is 2. The molecule has 158 valence electrons. The lowest BCUT2D eigenvalue weighted by Crippen LogP contribution is -2.40. The zero-order valence-electron chi connectivity index (χ0n) is 17.1. The molecule has 1 saturated heterocycles. The first-order valence-electron chi connectivity index (χ1n) is 10.3. The summed E-state index contributed by atoms with van der Waals surface area (Å²) in [5.74, 6) is 0.742. The molecule has 3 heterocycles. The molecule has 9 heteroatoms. The Morgan fingerprint density at radius 1 is 1.19 bits per heavy atom. The van der Waals surface area contributed by atoms with Gasteiger partial charge in [-0.3, -0.25) is 4.79 Å². The quantitative estimate of drug-likeness (QED) is 0.427. The van der Waals surface area contributed by atoms with E-state index in [4.69, 9.17) is 4.98 Å². The lowest BCUT2D eigenvalue weighted by Gasteiger charge is -2.31. The number of likely N-dealkylation sites (tertiary alicyclic amines) is 1. The van der Waals surface area contributed by atoms with Crippen molar-refractivity contribution < 1.29 is 4.79 Å². The van der Waals surface area contributed by atoms with Crippen LogP contribution in [0.1, 0.15) is 29.3 Å². The molecule has 0 unspecified atom stereocenters. The second-order valence-corrected chi connectivity index (χ2v) is 9.65. The van der Waals surface area contributed by atoms with Gasteiger partial charge in [-0.05, 0) is 54.0 Å². The van der Waals surface area contributed by atoms with Gasteiger partial charge in [-0.15, -0.1) is 16.4 Å². The number of hydrogen-bond donors (Lipinski definition) is 0. The standard InChI is InChI=1S/C22H22N6OS2/c1-15-7-2-4-10-18(15)28-22(24-25-26-28)30-14-20(29)27-12-6-8-16(13-27)21-23-17-9-3-5-11-19(17)31-21/h2-5,7,9-11,16H,6,8,12-14H2,1H3/t16-/m1/s1. The number of thiazole rings is 1. The van der Waals surface area contributed by atoms with Gasteiger partial charge >= 0.3 is 0 Å². The molecule has 0 aliphatic carbocycles. The molecule has 4 aromatic rings. The summed E-state index contributed by atoms with van der Waals surface area (Å²) in [5.41, 5.74) is 3.05. The summed E-state index contributed by atoms with van der Waals surface area (Å²) >= 11 is 3.13. The number of carbonyl (C=O) groups is 1. The van der Waals surface area contributed by atoms with Gasteiger partial charge in [0.15, 0.2) is 0 Å². The summed E-state index contributed by atoms with van der Waals surface area (Å²) in [6.07, 6.45) is 2.07. The van der Waals surface area contributed by atoms with Gasteiger partial charge in [-0.1, -0.05) is 42.1 Å². The zero-order chi connectivity index (χ0) is 21.2. The first-order chi connectivity index (χ1) is 15.2. The van der Waals surface area contributed by atoms with E-state index in [-0.39, 0.29) is 5.91 Å². The minimum Gasteiger partial charge on any atom is -0.341 e. The monoisotopic (exact) mass is 450 g/mol. The number of hydrogen-bond acceptors (Lipinski definition) is 7. The lowest BCUT2D eigenvalue weighted by atomic mass is 9.99. The number of aryl methyl sites for hydroxylation is 1. The van der Waals surface area contributed by atoms with Crippen molar-refractivity contribution in [1.82, 2.24) is 30.1 Å². The van der Waals surface area contributed by atoms with E-state index in [1.807, 2.05) is 48.2 Å². The summed E-state index contributed by atoms with van der Waals surface area (Å²) in [5, 5.41) is 13.8. The molecule has 5 rings (SSSR count). The summed E-state index contributed by atoms with van der Waals surface area (Å²) in [6.45, 7) is 3.54. The van der Waals surface area contributed by atoms with Gasteiger partial charge in [-0.25, -0.2) is 4.98 Å². The SMILES string of the molecule is Cc1ccccc1-n1nnnc1SCC(=O)N1CCC[C@@H](c2nc3ccccc3s2)C1. The van der Waals surface area contributed by atoms with Gasteiger partial charge in [0.2, 0.25) is 11.1 Å². The molecule has 0 saturated carbocycles. The molecule has 0 spiro atoms. The Bertz CT molecular complexity index is 1190. The predicted molar refractivity (Wildman–Crippen MR) is 123 cm³/mol. The van der Waals surface area contributed by atoms with E-state index in [1.54, 1.807) is 16.0 Å². The van der Waals surface area contributed by atoms with Crippen LogP contribution in [0.25, 0.3) is 15.9 Å². The van der Waals surface area contributed by atoms with Crippen molar-refractivity contribution in [3.05, 3.63) is 59.1 Å². The molecular weight excluding hydrogens is 428 g/mol. The summed E-state index contributed by atoms with van der Waals surface area (Å²) < 4.78 is 2.91. The normalized spacial score (nSPS) is 16.7. The van der Waals surface area contributed by atoms with Crippen LogP contribution in [0.5, 0.6) is 0 Å². The largest absolute Gasteiger partial charge is 0.341 e. The molecule has 2 aromatic heterocycles. The van der Waals surface area contributed by atoms with Gasteiger partial charge in [-0.2, -0.15) is 4.68 Å². The summed E-state index contributed by atoms with van der Waals surface area (Å²) in [6, 6.07) is 16.2. The summed E-state index contributed by atoms with van der Waals surface area (Å²) in [7, 11) is 0. The molecule has 0 N–H and O–H groups in total. The minimum atomic E-state index is 0.121. The average molecular weight is 451 g/mol. The van der Waals surface area contributed by atoms with Crippen LogP contribution < -0.4 is 0 Å². The van der Waals surface area contributed by atoms with E-state index in [0.29, 0.717) is 16.8 Å².